The van der Waals surface area contributed by atoms with Gasteiger partial charge in [0.05, 0.1) is 0 Å². The zero-order chi connectivity index (χ0) is 10.3. The first-order chi connectivity index (χ1) is 6.11. The smallest absolute Gasteiger partial charge is 0.0117 e. The Morgan fingerprint density at radius 1 is 1.23 bits per heavy atom. The fourth-order valence-electron chi connectivity index (χ4n) is 1.49. The predicted molar refractivity (Wildman–Crippen MR) is 60.5 cm³/mol. The van der Waals surface area contributed by atoms with Crippen molar-refractivity contribution in [3.05, 3.63) is 0 Å². The van der Waals surface area contributed by atoms with Crippen molar-refractivity contribution < 1.29 is 0 Å². The van der Waals surface area contributed by atoms with E-state index in [9.17, 15) is 0 Å². The Hall–Kier alpha value is -0.330. The van der Waals surface area contributed by atoms with Crippen molar-refractivity contribution in [2.24, 2.45) is 11.8 Å². The normalized spacial score (nSPS) is 13.3. The van der Waals surface area contributed by atoms with E-state index in [2.05, 4.69) is 27.7 Å². The van der Waals surface area contributed by atoms with Gasteiger partial charge in [0.1, 0.15) is 0 Å². The fourth-order valence-corrected chi connectivity index (χ4v) is 1.49. The summed E-state index contributed by atoms with van der Waals surface area (Å²) in [7, 11) is 0. The summed E-state index contributed by atoms with van der Waals surface area (Å²) in [5, 5.41) is 7.81. The standard InChI is InChI=1S/C12H25N/c1-5-7-8-11(6-2)9-12(13)10(3)4/h10-11,13H,5-9H2,1-4H3. The van der Waals surface area contributed by atoms with Crippen LogP contribution in [-0.2, 0) is 0 Å². The second-order valence-electron chi connectivity index (χ2n) is 4.30. The van der Waals surface area contributed by atoms with Gasteiger partial charge in [-0.05, 0) is 18.3 Å². The highest BCUT2D eigenvalue weighted by Crippen LogP contribution is 2.18. The molecule has 0 saturated carbocycles. The Balaban J connectivity index is 3.76. The van der Waals surface area contributed by atoms with Gasteiger partial charge in [0.2, 0.25) is 0 Å². The van der Waals surface area contributed by atoms with E-state index in [-0.39, 0.29) is 0 Å². The fraction of sp³-hybridized carbons (Fsp3) is 0.917. The number of hydrogen-bond donors (Lipinski definition) is 1. The van der Waals surface area contributed by atoms with Crippen molar-refractivity contribution in [1.29, 1.82) is 5.41 Å². The quantitative estimate of drug-likeness (QED) is 0.570. The summed E-state index contributed by atoms with van der Waals surface area (Å²) < 4.78 is 0. The van der Waals surface area contributed by atoms with Crippen LogP contribution in [0.3, 0.4) is 0 Å². The molecule has 0 aromatic rings. The van der Waals surface area contributed by atoms with Crippen LogP contribution >= 0.6 is 0 Å². The minimum absolute atomic E-state index is 0.440. The van der Waals surface area contributed by atoms with E-state index in [0.717, 1.165) is 18.1 Å². The molecule has 78 valence electrons. The minimum Gasteiger partial charge on any atom is -0.309 e. The monoisotopic (exact) mass is 183 g/mol. The lowest BCUT2D eigenvalue weighted by Crippen LogP contribution is -2.12. The van der Waals surface area contributed by atoms with Crippen molar-refractivity contribution in [3.8, 4) is 0 Å². The van der Waals surface area contributed by atoms with E-state index in [4.69, 9.17) is 5.41 Å². The molecule has 0 bridgehead atoms. The zero-order valence-corrected chi connectivity index (χ0v) is 9.69. The van der Waals surface area contributed by atoms with Gasteiger partial charge in [-0.2, -0.15) is 0 Å². The molecule has 1 N–H and O–H groups in total. The van der Waals surface area contributed by atoms with Gasteiger partial charge in [-0.3, -0.25) is 0 Å². The van der Waals surface area contributed by atoms with Crippen molar-refractivity contribution in [3.63, 3.8) is 0 Å². The van der Waals surface area contributed by atoms with Gasteiger partial charge >= 0.3 is 0 Å². The molecular weight excluding hydrogens is 158 g/mol. The van der Waals surface area contributed by atoms with Crippen LogP contribution in [-0.4, -0.2) is 5.71 Å². The average Bonchev–Trinajstić information content (AvgIpc) is 2.11. The molecule has 0 amide bonds. The summed E-state index contributed by atoms with van der Waals surface area (Å²) in [6, 6.07) is 0. The van der Waals surface area contributed by atoms with Gasteiger partial charge in [-0.15, -0.1) is 0 Å². The molecule has 13 heavy (non-hydrogen) atoms. The predicted octanol–water partition coefficient (Wildman–Crippen LogP) is 4.27. The van der Waals surface area contributed by atoms with Crippen LogP contribution in [0.1, 0.15) is 59.8 Å². The first-order valence-electron chi connectivity index (χ1n) is 5.69. The van der Waals surface area contributed by atoms with E-state index in [0.29, 0.717) is 5.92 Å². The van der Waals surface area contributed by atoms with Crippen LogP contribution in [0, 0.1) is 17.2 Å². The van der Waals surface area contributed by atoms with Gasteiger partial charge < -0.3 is 5.41 Å². The van der Waals surface area contributed by atoms with Gasteiger partial charge in [-0.1, -0.05) is 53.4 Å². The van der Waals surface area contributed by atoms with E-state index >= 15 is 0 Å². The lowest BCUT2D eigenvalue weighted by Gasteiger charge is -2.16. The molecule has 0 rings (SSSR count). The lowest BCUT2D eigenvalue weighted by molar-refractivity contribution is 0.460. The van der Waals surface area contributed by atoms with Gasteiger partial charge in [0, 0.05) is 5.71 Å². The van der Waals surface area contributed by atoms with Crippen molar-refractivity contribution in [2.45, 2.75) is 59.8 Å². The molecule has 0 spiro atoms. The molecule has 0 saturated heterocycles. The molecule has 0 fully saturated rings. The second-order valence-corrected chi connectivity index (χ2v) is 4.30. The van der Waals surface area contributed by atoms with Crippen LogP contribution in [0.15, 0.2) is 0 Å². The Kier molecular flexibility index (Phi) is 6.93. The summed E-state index contributed by atoms with van der Waals surface area (Å²) in [6.45, 7) is 8.72. The number of hydrogen-bond acceptors (Lipinski definition) is 1. The summed E-state index contributed by atoms with van der Waals surface area (Å²) in [5.74, 6) is 1.20. The number of nitrogens with one attached hydrogen (secondary N) is 1. The summed E-state index contributed by atoms with van der Waals surface area (Å²) in [5.41, 5.74) is 0.933. The lowest BCUT2D eigenvalue weighted by atomic mass is 9.90. The maximum absolute atomic E-state index is 7.81. The zero-order valence-electron chi connectivity index (χ0n) is 9.69. The van der Waals surface area contributed by atoms with Crippen molar-refractivity contribution >= 4 is 5.71 Å². The van der Waals surface area contributed by atoms with Crippen LogP contribution in [0.5, 0.6) is 0 Å². The van der Waals surface area contributed by atoms with Crippen LogP contribution in [0.2, 0.25) is 0 Å². The molecular formula is C12H25N. The Morgan fingerprint density at radius 2 is 1.85 bits per heavy atom. The topological polar surface area (TPSA) is 23.9 Å². The van der Waals surface area contributed by atoms with Gasteiger partial charge in [0.25, 0.3) is 0 Å². The molecule has 0 radical (unpaired) electrons. The highest BCUT2D eigenvalue weighted by Gasteiger charge is 2.10. The third kappa shape index (κ3) is 5.84. The second kappa shape index (κ2) is 7.11. The number of unbranched alkanes of at least 4 members (excludes halogenated alkanes) is 1. The Labute approximate surface area is 83.4 Å². The molecule has 1 unspecified atom stereocenters. The van der Waals surface area contributed by atoms with Gasteiger partial charge in [-0.25, -0.2) is 0 Å². The van der Waals surface area contributed by atoms with E-state index in [1.807, 2.05) is 0 Å². The van der Waals surface area contributed by atoms with Crippen LogP contribution < -0.4 is 0 Å². The highest BCUT2D eigenvalue weighted by molar-refractivity contribution is 5.83. The Morgan fingerprint density at radius 3 is 2.23 bits per heavy atom. The van der Waals surface area contributed by atoms with Crippen LogP contribution in [0.4, 0.5) is 0 Å². The van der Waals surface area contributed by atoms with Crippen molar-refractivity contribution in [1.82, 2.24) is 0 Å². The van der Waals surface area contributed by atoms with E-state index < -0.39 is 0 Å². The van der Waals surface area contributed by atoms with E-state index in [1.54, 1.807) is 0 Å². The molecule has 0 aromatic heterocycles. The molecule has 0 heterocycles. The molecule has 0 aliphatic heterocycles. The van der Waals surface area contributed by atoms with Crippen molar-refractivity contribution in [2.75, 3.05) is 0 Å². The molecule has 0 aromatic carbocycles. The molecule has 1 atom stereocenters. The highest BCUT2D eigenvalue weighted by atomic mass is 14.4. The minimum atomic E-state index is 0.440. The summed E-state index contributed by atoms with van der Waals surface area (Å²) >= 11 is 0. The maximum Gasteiger partial charge on any atom is 0.0117 e. The summed E-state index contributed by atoms with van der Waals surface area (Å²) in [4.78, 5) is 0. The summed E-state index contributed by atoms with van der Waals surface area (Å²) in [6.07, 6.45) is 6.17. The third-order valence-electron chi connectivity index (χ3n) is 2.75. The maximum atomic E-state index is 7.81. The average molecular weight is 183 g/mol. The largest absolute Gasteiger partial charge is 0.309 e. The van der Waals surface area contributed by atoms with Crippen LogP contribution in [0.25, 0.3) is 0 Å². The third-order valence-corrected chi connectivity index (χ3v) is 2.75. The van der Waals surface area contributed by atoms with E-state index in [1.165, 1.54) is 25.7 Å². The molecule has 0 aliphatic rings. The molecule has 1 heteroatoms. The van der Waals surface area contributed by atoms with Gasteiger partial charge in [0.15, 0.2) is 0 Å². The molecule has 0 aliphatic carbocycles. The SMILES string of the molecule is CCCCC(CC)CC(=N)C(C)C. The Bertz CT molecular complexity index is 138. The first-order valence-corrected chi connectivity index (χ1v) is 5.69. The molecule has 1 nitrogen and oxygen atoms in total. The number of rotatable bonds is 7. The first kappa shape index (κ1) is 12.7.